The number of ether oxygens (including phenoxy) is 2. The number of rotatable bonds is 7. The number of para-hydroxylation sites is 2. The first-order chi connectivity index (χ1) is 23.5. The summed E-state index contributed by atoms with van der Waals surface area (Å²) in [6.07, 6.45) is 3.19. The van der Waals surface area contributed by atoms with Gasteiger partial charge in [0.15, 0.2) is 11.9 Å². The number of esters is 1. The molecule has 1 fully saturated rings. The van der Waals surface area contributed by atoms with Gasteiger partial charge in [0.2, 0.25) is 5.91 Å². The minimum Gasteiger partial charge on any atom is -0.497 e. The lowest BCUT2D eigenvalue weighted by molar-refractivity contribution is -0.150. The molecule has 1 N–H and O–H groups in total. The fourth-order valence-corrected chi connectivity index (χ4v) is 7.80. The van der Waals surface area contributed by atoms with Crippen LogP contribution in [0.1, 0.15) is 38.7 Å². The molecule has 48 heavy (non-hydrogen) atoms. The second-order valence-corrected chi connectivity index (χ2v) is 12.3. The number of hydrogen-bond acceptors (Lipinski definition) is 6. The number of hydrogen-bond donors (Lipinski definition) is 1. The summed E-state index contributed by atoms with van der Waals surface area (Å²) in [5, 5.41) is 3.07. The van der Waals surface area contributed by atoms with Gasteiger partial charge in [-0.3, -0.25) is 9.59 Å². The molecule has 0 unspecified atom stereocenters. The van der Waals surface area contributed by atoms with Crippen molar-refractivity contribution in [3.63, 3.8) is 0 Å². The van der Waals surface area contributed by atoms with E-state index >= 15 is 9.59 Å². The smallest absolute Gasteiger partial charge is 0.330 e. The summed E-state index contributed by atoms with van der Waals surface area (Å²) in [5.41, 5.74) is 3.47. The monoisotopic (exact) mass is 632 g/mol. The quantitative estimate of drug-likeness (QED) is 0.154. The van der Waals surface area contributed by atoms with Gasteiger partial charge in [-0.2, -0.15) is 0 Å². The van der Waals surface area contributed by atoms with Crippen LogP contribution in [0.25, 0.3) is 6.08 Å². The van der Waals surface area contributed by atoms with Gasteiger partial charge in [0.25, 0.3) is 0 Å². The molecule has 0 saturated carbocycles. The van der Waals surface area contributed by atoms with Crippen molar-refractivity contribution in [3.05, 3.63) is 167 Å². The molecule has 8 rings (SSSR count). The number of fused-ring (bicyclic) bond motifs is 6. The van der Waals surface area contributed by atoms with Crippen molar-refractivity contribution in [2.24, 2.45) is 5.92 Å². The first-order valence-electron chi connectivity index (χ1n) is 16.0. The van der Waals surface area contributed by atoms with Crippen LogP contribution in [0.2, 0.25) is 0 Å². The zero-order valence-electron chi connectivity index (χ0n) is 26.2. The predicted octanol–water partition coefficient (Wildman–Crippen LogP) is 7.00. The zero-order chi connectivity index (χ0) is 32.8. The predicted molar refractivity (Wildman–Crippen MR) is 184 cm³/mol. The van der Waals surface area contributed by atoms with Gasteiger partial charge in [-0.15, -0.1) is 0 Å². The number of methoxy groups -OCH3 is 1. The van der Waals surface area contributed by atoms with Crippen molar-refractivity contribution >= 4 is 35.1 Å². The van der Waals surface area contributed by atoms with Gasteiger partial charge < -0.3 is 19.7 Å². The van der Waals surface area contributed by atoms with Crippen LogP contribution < -0.4 is 15.0 Å². The molecule has 3 heterocycles. The minimum atomic E-state index is -1.43. The molecule has 0 radical (unpaired) electrons. The van der Waals surface area contributed by atoms with Crippen molar-refractivity contribution in [1.82, 2.24) is 0 Å². The molecule has 0 aromatic heterocycles. The van der Waals surface area contributed by atoms with Gasteiger partial charge in [-0.1, -0.05) is 109 Å². The van der Waals surface area contributed by atoms with Gasteiger partial charge in [0.05, 0.1) is 19.1 Å². The highest BCUT2D eigenvalue weighted by atomic mass is 16.5. The van der Waals surface area contributed by atoms with Crippen molar-refractivity contribution in [1.29, 1.82) is 0 Å². The average molecular weight is 633 g/mol. The fraction of sp³-hybridized carbons (Fsp3) is 0.146. The molecule has 5 aromatic rings. The van der Waals surface area contributed by atoms with Crippen molar-refractivity contribution < 1.29 is 23.9 Å². The van der Waals surface area contributed by atoms with E-state index < -0.39 is 35.5 Å². The van der Waals surface area contributed by atoms with E-state index in [1.54, 1.807) is 31.4 Å². The number of anilines is 2. The summed E-state index contributed by atoms with van der Waals surface area (Å²) in [4.78, 5) is 46.7. The Labute approximate surface area is 278 Å². The molecule has 0 aliphatic carbocycles. The van der Waals surface area contributed by atoms with Crippen molar-refractivity contribution in [2.45, 2.75) is 23.6 Å². The van der Waals surface area contributed by atoms with Crippen molar-refractivity contribution in [2.75, 3.05) is 17.3 Å². The second kappa shape index (κ2) is 11.7. The van der Waals surface area contributed by atoms with Gasteiger partial charge in [0, 0.05) is 16.9 Å². The standard InChI is InChI=1S/C41H32N2O5/c1-47-30-23-20-27(21-24-30)37(44)35-36(39(45)48-38(28-13-4-2-5-14-28)29-15-6-3-7-16-29)43-33-19-11-8-12-26(33)22-25-34(43)41(35)31-17-9-10-18-32(31)42-40(41)46/h2-25,34-36,38H,1H3,(H,42,46)/t34-,35+,36-,41+/m1/s1. The molecule has 4 atom stereocenters. The first kappa shape index (κ1) is 29.5. The normalized spacial score (nSPS) is 21.8. The van der Waals surface area contributed by atoms with Gasteiger partial charge in [-0.25, -0.2) is 4.79 Å². The molecular weight excluding hydrogens is 600 g/mol. The lowest BCUT2D eigenvalue weighted by atomic mass is 9.64. The number of amides is 1. The Balaban J connectivity index is 1.35. The Bertz CT molecular complexity index is 2020. The Hall–Kier alpha value is -5.95. The number of ketones is 1. The highest BCUT2D eigenvalue weighted by molar-refractivity contribution is 6.16. The summed E-state index contributed by atoms with van der Waals surface area (Å²) < 4.78 is 11.9. The summed E-state index contributed by atoms with van der Waals surface area (Å²) in [7, 11) is 1.56. The highest BCUT2D eigenvalue weighted by Gasteiger charge is 2.71. The number of benzene rings is 5. The molecule has 1 spiro atoms. The topological polar surface area (TPSA) is 84.9 Å². The maximum atomic E-state index is 15.1. The molecule has 3 aliphatic rings. The SMILES string of the molecule is COc1ccc(C(=O)[C@@H]2[C@H](C(=O)OC(c3ccccc3)c3ccccc3)N3c4ccccc4C=C[C@@H]3[C@]23C(=O)Nc2ccccc23)cc1. The molecule has 5 aromatic carbocycles. The molecule has 236 valence electrons. The first-order valence-corrected chi connectivity index (χ1v) is 16.0. The van der Waals surface area contributed by atoms with Crippen LogP contribution in [0.15, 0.2) is 140 Å². The Morgan fingerprint density at radius 2 is 1.40 bits per heavy atom. The molecule has 7 heteroatoms. The molecule has 3 aliphatic heterocycles. The van der Waals surface area contributed by atoms with Crippen LogP contribution in [-0.4, -0.2) is 36.9 Å². The zero-order valence-corrected chi connectivity index (χ0v) is 26.2. The van der Waals surface area contributed by atoms with Crippen molar-refractivity contribution in [3.8, 4) is 5.75 Å². The van der Waals surface area contributed by atoms with Gasteiger partial charge in [0.1, 0.15) is 17.2 Å². The van der Waals surface area contributed by atoms with Gasteiger partial charge >= 0.3 is 5.97 Å². The minimum absolute atomic E-state index is 0.326. The maximum Gasteiger partial charge on any atom is 0.330 e. The maximum absolute atomic E-state index is 15.1. The van der Waals surface area contributed by atoms with Crippen LogP contribution in [0, 0.1) is 5.92 Å². The van der Waals surface area contributed by atoms with Crippen LogP contribution in [0.5, 0.6) is 5.75 Å². The van der Waals surface area contributed by atoms with Crippen LogP contribution in [0.4, 0.5) is 11.4 Å². The van der Waals surface area contributed by atoms with E-state index in [0.29, 0.717) is 22.6 Å². The van der Waals surface area contributed by atoms with Crippen LogP contribution in [-0.2, 0) is 19.7 Å². The van der Waals surface area contributed by atoms with Gasteiger partial charge in [-0.05, 0) is 58.7 Å². The largest absolute Gasteiger partial charge is 0.497 e. The molecule has 1 amide bonds. The summed E-state index contributed by atoms with van der Waals surface area (Å²) >= 11 is 0. The summed E-state index contributed by atoms with van der Waals surface area (Å²) in [6, 6.07) is 39.3. The lowest BCUT2D eigenvalue weighted by Crippen LogP contribution is -2.51. The Morgan fingerprint density at radius 1 is 0.771 bits per heavy atom. The number of nitrogens with zero attached hydrogens (tertiary/aromatic N) is 1. The van der Waals surface area contributed by atoms with E-state index in [0.717, 1.165) is 22.4 Å². The molecule has 0 bridgehead atoms. The number of carbonyl (C=O) groups is 3. The number of carbonyl (C=O) groups excluding carboxylic acids is 3. The van der Waals surface area contributed by atoms with E-state index in [1.165, 1.54) is 0 Å². The lowest BCUT2D eigenvalue weighted by Gasteiger charge is -2.37. The second-order valence-electron chi connectivity index (χ2n) is 12.3. The Morgan fingerprint density at radius 3 is 2.08 bits per heavy atom. The molecule has 1 saturated heterocycles. The third-order valence-electron chi connectivity index (χ3n) is 9.88. The van der Waals surface area contributed by atoms with E-state index in [9.17, 15) is 4.79 Å². The number of Topliss-reactive ketones (excluding diaryl/α,β-unsaturated/α-hetero) is 1. The van der Waals surface area contributed by atoms with E-state index in [-0.39, 0.29) is 11.7 Å². The third-order valence-corrected chi connectivity index (χ3v) is 9.88. The van der Waals surface area contributed by atoms with E-state index in [1.807, 2.05) is 126 Å². The highest BCUT2D eigenvalue weighted by Crippen LogP contribution is 2.58. The van der Waals surface area contributed by atoms with Crippen LogP contribution in [0.3, 0.4) is 0 Å². The average Bonchev–Trinajstić information content (AvgIpc) is 3.63. The summed E-state index contributed by atoms with van der Waals surface area (Å²) in [6.45, 7) is 0. The molecule has 7 nitrogen and oxygen atoms in total. The number of nitrogens with one attached hydrogen (secondary N) is 1. The Kier molecular flexibility index (Phi) is 7.17. The van der Waals surface area contributed by atoms with E-state index in [2.05, 4.69) is 5.32 Å². The van der Waals surface area contributed by atoms with E-state index in [4.69, 9.17) is 9.47 Å². The summed E-state index contributed by atoms with van der Waals surface area (Å²) in [5.74, 6) is -1.80. The molecular formula is C41H32N2O5. The van der Waals surface area contributed by atoms with Crippen LogP contribution >= 0.6 is 0 Å². The third kappa shape index (κ3) is 4.46. The fourth-order valence-electron chi connectivity index (χ4n) is 7.80.